The molecular formula is H10O4P2Si. The van der Waals surface area contributed by atoms with Gasteiger partial charge in [-0.15, -0.1) is 0 Å². The Labute approximate surface area is 48.9 Å². The topological polar surface area (TPSA) is 80.9 Å². The molecule has 7 heavy (non-hydrogen) atoms. The van der Waals surface area contributed by atoms with Crippen LogP contribution in [0.1, 0.15) is 0 Å². The predicted octanol–water partition coefficient (Wildman–Crippen LogP) is -2.49. The monoisotopic (exact) mass is 164 g/mol. The van der Waals surface area contributed by atoms with Gasteiger partial charge < -0.3 is 19.2 Å². The van der Waals surface area contributed by atoms with Crippen LogP contribution < -0.4 is 0 Å². The van der Waals surface area contributed by atoms with Gasteiger partial charge in [0.2, 0.25) is 0 Å². The molecule has 0 aromatic heterocycles. The zero-order valence-corrected chi connectivity index (χ0v) is 7.53. The lowest BCUT2D eigenvalue weighted by Crippen LogP contribution is -2.33. The van der Waals surface area contributed by atoms with Crippen LogP contribution >= 0.6 is 19.8 Å². The summed E-state index contributed by atoms with van der Waals surface area (Å²) in [7, 11) is -4.61. The molecule has 2 unspecified atom stereocenters. The molecule has 0 aliphatic carbocycles. The highest BCUT2D eigenvalue weighted by atomic mass is 31.0. The van der Waals surface area contributed by atoms with Crippen molar-refractivity contribution in [3.63, 3.8) is 0 Å². The Bertz CT molecular complexity index is 25.2. The normalized spacial score (nSPS) is 8.57. The molecule has 2 atom stereocenters. The lowest BCUT2D eigenvalue weighted by molar-refractivity contribution is 0.117. The first-order valence-corrected chi connectivity index (χ1v) is 2.68. The zero-order chi connectivity index (χ0) is 4.50. The summed E-state index contributed by atoms with van der Waals surface area (Å²) in [5, 5.41) is 0. The molecule has 0 aliphatic heterocycles. The molecule has 0 rings (SSSR count). The largest absolute Gasteiger partial charge is 0.668 e. The lowest BCUT2D eigenvalue weighted by Gasteiger charge is -1.91. The second-order valence-electron chi connectivity index (χ2n) is 0.600. The van der Waals surface area contributed by atoms with E-state index in [-0.39, 0.29) is 19.8 Å². The molecule has 0 radical (unpaired) electrons. The summed E-state index contributed by atoms with van der Waals surface area (Å²) in [4.78, 5) is 29.3. The molecule has 0 fully saturated rings. The van der Waals surface area contributed by atoms with Gasteiger partial charge in [0.15, 0.2) is 0 Å². The Hall–Kier alpha value is 0.917. The molecule has 0 amide bonds. The fourth-order valence-corrected chi connectivity index (χ4v) is 0. The Kier molecular flexibility index (Phi) is 11.3. The summed E-state index contributed by atoms with van der Waals surface area (Å²) in [6.07, 6.45) is 0. The molecule has 0 aliphatic rings. The van der Waals surface area contributed by atoms with Crippen LogP contribution in [0.5, 0.6) is 0 Å². The third-order valence-corrected chi connectivity index (χ3v) is 0. The summed E-state index contributed by atoms with van der Waals surface area (Å²) in [5.41, 5.74) is 0. The van der Waals surface area contributed by atoms with Gasteiger partial charge in [-0.05, 0) is 0 Å². The smallest absolute Gasteiger partial charge is 0.368 e. The Morgan fingerprint density at radius 1 is 0.714 bits per heavy atom. The van der Waals surface area contributed by atoms with Crippen molar-refractivity contribution in [1.82, 2.24) is 0 Å². The molecule has 0 bridgehead atoms. The average molecular weight is 164 g/mol. The van der Waals surface area contributed by atoms with Crippen LogP contribution in [0.3, 0.4) is 0 Å². The number of rotatable bonds is 0. The SMILES string of the molecule is O[Si](O)(O)O.P.P. The second kappa shape index (κ2) is 5.06. The van der Waals surface area contributed by atoms with Gasteiger partial charge in [0.25, 0.3) is 0 Å². The fourth-order valence-electron chi connectivity index (χ4n) is 0. The molecule has 0 saturated heterocycles. The molecule has 4 nitrogen and oxygen atoms in total. The van der Waals surface area contributed by atoms with E-state index in [0.717, 1.165) is 0 Å². The van der Waals surface area contributed by atoms with Crippen molar-refractivity contribution in [1.29, 1.82) is 0 Å². The molecule has 0 aromatic carbocycles. The maximum Gasteiger partial charge on any atom is 0.668 e. The van der Waals surface area contributed by atoms with E-state index in [1.54, 1.807) is 0 Å². The zero-order valence-electron chi connectivity index (χ0n) is 3.70. The van der Waals surface area contributed by atoms with Gasteiger partial charge in [0.05, 0.1) is 0 Å². The average Bonchev–Trinajstić information content (AvgIpc) is 0.722. The van der Waals surface area contributed by atoms with Gasteiger partial charge in [-0.1, -0.05) is 0 Å². The molecule has 0 spiro atoms. The van der Waals surface area contributed by atoms with Crippen molar-refractivity contribution in [3.8, 4) is 0 Å². The highest BCUT2D eigenvalue weighted by Gasteiger charge is 2.22. The number of hydrogen-bond acceptors (Lipinski definition) is 4. The van der Waals surface area contributed by atoms with E-state index in [1.165, 1.54) is 0 Å². The van der Waals surface area contributed by atoms with Gasteiger partial charge in [0.1, 0.15) is 0 Å². The van der Waals surface area contributed by atoms with E-state index in [2.05, 4.69) is 0 Å². The van der Waals surface area contributed by atoms with Crippen molar-refractivity contribution in [3.05, 3.63) is 0 Å². The van der Waals surface area contributed by atoms with E-state index < -0.39 is 9.05 Å². The maximum atomic E-state index is 7.33. The van der Waals surface area contributed by atoms with Gasteiger partial charge in [-0.25, -0.2) is 0 Å². The van der Waals surface area contributed by atoms with Crippen molar-refractivity contribution in [2.45, 2.75) is 0 Å². The Balaban J connectivity index is -0.0000000800. The van der Waals surface area contributed by atoms with Crippen LogP contribution in [-0.4, -0.2) is 28.2 Å². The van der Waals surface area contributed by atoms with E-state index in [9.17, 15) is 0 Å². The van der Waals surface area contributed by atoms with E-state index >= 15 is 0 Å². The minimum Gasteiger partial charge on any atom is -0.368 e. The molecule has 4 N–H and O–H groups in total. The van der Waals surface area contributed by atoms with Crippen LogP contribution in [0.2, 0.25) is 0 Å². The van der Waals surface area contributed by atoms with Crippen molar-refractivity contribution in [2.75, 3.05) is 0 Å². The van der Waals surface area contributed by atoms with Crippen LogP contribution in [0.25, 0.3) is 0 Å². The standard InChI is InChI=1S/H4O4Si.2H3P/c1-5(2,3)4;;/h1-4H;2*1H3. The van der Waals surface area contributed by atoms with Crippen LogP contribution in [0, 0.1) is 0 Å². The van der Waals surface area contributed by atoms with Crippen LogP contribution in [0.15, 0.2) is 0 Å². The third-order valence-electron chi connectivity index (χ3n) is 0. The Morgan fingerprint density at radius 3 is 0.714 bits per heavy atom. The Morgan fingerprint density at radius 2 is 0.714 bits per heavy atom. The van der Waals surface area contributed by atoms with E-state index in [4.69, 9.17) is 19.2 Å². The van der Waals surface area contributed by atoms with E-state index in [1.807, 2.05) is 0 Å². The predicted molar refractivity (Wildman–Crippen MR) is 36.8 cm³/mol. The fraction of sp³-hybridized carbons (Fsp3) is 0. The molecule has 7 heteroatoms. The van der Waals surface area contributed by atoms with Gasteiger partial charge in [0, 0.05) is 0 Å². The molecule has 48 valence electrons. The van der Waals surface area contributed by atoms with Gasteiger partial charge in [-0.3, -0.25) is 0 Å². The second-order valence-corrected chi connectivity index (χ2v) is 1.80. The molecule has 0 heterocycles. The minimum atomic E-state index is -4.61. The van der Waals surface area contributed by atoms with E-state index in [0.29, 0.717) is 0 Å². The summed E-state index contributed by atoms with van der Waals surface area (Å²) in [6.45, 7) is 0. The third kappa shape index (κ3) is 199. The molecule has 0 saturated carbocycles. The summed E-state index contributed by atoms with van der Waals surface area (Å²) < 4.78 is 0. The molecule has 0 aromatic rings. The first kappa shape index (κ1) is 15.7. The molecular weight excluding hydrogens is 154 g/mol. The quantitative estimate of drug-likeness (QED) is 0.236. The summed E-state index contributed by atoms with van der Waals surface area (Å²) in [5.74, 6) is 0. The first-order chi connectivity index (χ1) is 2.00. The summed E-state index contributed by atoms with van der Waals surface area (Å²) >= 11 is 0. The summed E-state index contributed by atoms with van der Waals surface area (Å²) in [6, 6.07) is 0. The van der Waals surface area contributed by atoms with Crippen molar-refractivity contribution < 1.29 is 19.2 Å². The van der Waals surface area contributed by atoms with Crippen LogP contribution in [-0.2, 0) is 0 Å². The van der Waals surface area contributed by atoms with Crippen LogP contribution in [0.4, 0.5) is 0 Å². The maximum absolute atomic E-state index is 7.33. The van der Waals surface area contributed by atoms with Gasteiger partial charge >= 0.3 is 9.05 Å². The minimum absolute atomic E-state index is 0. The van der Waals surface area contributed by atoms with Crippen molar-refractivity contribution >= 4 is 28.8 Å². The lowest BCUT2D eigenvalue weighted by atomic mass is 15.7. The van der Waals surface area contributed by atoms with Gasteiger partial charge in [-0.2, -0.15) is 19.8 Å². The number of hydrogen-bond donors (Lipinski definition) is 4. The highest BCUT2D eigenvalue weighted by molar-refractivity contribution is 6.92. The first-order valence-electron chi connectivity index (χ1n) is 0.894. The highest BCUT2D eigenvalue weighted by Crippen LogP contribution is 1.67. The van der Waals surface area contributed by atoms with Crippen molar-refractivity contribution in [2.24, 2.45) is 0 Å².